The van der Waals surface area contributed by atoms with Gasteiger partial charge in [0.05, 0.1) is 18.5 Å². The van der Waals surface area contributed by atoms with E-state index >= 15 is 0 Å². The monoisotopic (exact) mass is 389 g/mol. The molecule has 2 fully saturated rings. The Morgan fingerprint density at radius 3 is 2.10 bits per heavy atom. The number of hydrogen-bond donors (Lipinski definition) is 0. The van der Waals surface area contributed by atoms with Gasteiger partial charge < -0.3 is 0 Å². The van der Waals surface area contributed by atoms with Crippen LogP contribution in [0.4, 0.5) is 0 Å². The molecular weight excluding hydrogens is 362 g/mol. The van der Waals surface area contributed by atoms with Crippen molar-refractivity contribution < 1.29 is 9.59 Å². The maximum atomic E-state index is 12.7. The van der Waals surface area contributed by atoms with E-state index in [0.717, 1.165) is 32.7 Å². The predicted molar refractivity (Wildman–Crippen MR) is 113 cm³/mol. The third-order valence-corrected chi connectivity index (χ3v) is 6.68. The Morgan fingerprint density at radius 2 is 1.38 bits per heavy atom. The van der Waals surface area contributed by atoms with Gasteiger partial charge in [0.2, 0.25) is 11.8 Å². The van der Waals surface area contributed by atoms with Crippen molar-refractivity contribution >= 4 is 22.6 Å². The summed E-state index contributed by atoms with van der Waals surface area (Å²) in [7, 11) is 0. The molecule has 0 N–H and O–H groups in total. The molecule has 0 radical (unpaired) electrons. The molecule has 0 saturated carbocycles. The number of hydrogen-bond acceptors (Lipinski definition) is 4. The van der Waals surface area contributed by atoms with Crippen molar-refractivity contribution in [2.24, 2.45) is 11.8 Å². The molecule has 2 atom stereocenters. The topological polar surface area (TPSA) is 43.9 Å². The van der Waals surface area contributed by atoms with Crippen LogP contribution in [0.1, 0.15) is 18.4 Å². The van der Waals surface area contributed by atoms with Crippen LogP contribution in [0.25, 0.3) is 10.8 Å². The lowest BCUT2D eigenvalue weighted by atomic mass is 9.85. The summed E-state index contributed by atoms with van der Waals surface area (Å²) in [5.74, 6) is -0.189. The maximum absolute atomic E-state index is 12.7. The predicted octanol–water partition coefficient (Wildman–Crippen LogP) is 2.87. The Balaban J connectivity index is 1.19. The number of amides is 2. The van der Waals surface area contributed by atoms with Gasteiger partial charge in [-0.3, -0.25) is 24.3 Å². The highest BCUT2D eigenvalue weighted by molar-refractivity contribution is 6.05. The zero-order valence-electron chi connectivity index (χ0n) is 16.7. The molecule has 1 aliphatic carbocycles. The summed E-state index contributed by atoms with van der Waals surface area (Å²) < 4.78 is 0. The van der Waals surface area contributed by atoms with E-state index < -0.39 is 0 Å². The molecule has 2 aromatic rings. The Morgan fingerprint density at radius 1 is 0.759 bits per heavy atom. The summed E-state index contributed by atoms with van der Waals surface area (Å²) in [6, 6.07) is 15.0. The van der Waals surface area contributed by atoms with E-state index in [2.05, 4.69) is 52.3 Å². The van der Waals surface area contributed by atoms with E-state index in [9.17, 15) is 9.59 Å². The molecule has 0 spiro atoms. The number of allylic oxidation sites excluding steroid dienone is 2. The number of nitrogens with zero attached hydrogens (tertiary/aromatic N) is 3. The minimum Gasteiger partial charge on any atom is -0.297 e. The lowest BCUT2D eigenvalue weighted by Gasteiger charge is -2.36. The molecule has 0 aromatic heterocycles. The Hall–Kier alpha value is -2.50. The summed E-state index contributed by atoms with van der Waals surface area (Å²) in [5.41, 5.74) is 1.36. The maximum Gasteiger partial charge on any atom is 0.234 e. The van der Waals surface area contributed by atoms with Gasteiger partial charge in [-0.2, -0.15) is 0 Å². The highest BCUT2D eigenvalue weighted by Gasteiger charge is 2.47. The van der Waals surface area contributed by atoms with Crippen molar-refractivity contribution in [1.29, 1.82) is 0 Å². The van der Waals surface area contributed by atoms with E-state index in [1.807, 2.05) is 12.2 Å². The quantitative estimate of drug-likeness (QED) is 0.596. The molecule has 150 valence electrons. The number of rotatable bonds is 4. The number of imide groups is 1. The molecule has 3 aliphatic rings. The minimum absolute atomic E-state index is 0.0301. The van der Waals surface area contributed by atoms with Crippen LogP contribution < -0.4 is 0 Å². The molecule has 2 aromatic carbocycles. The molecule has 2 saturated heterocycles. The Bertz CT molecular complexity index is 930. The standard InChI is InChI=1S/C24H27N3O2/c28-23-21-10-3-4-11-22(21)24(29)27(23)17-26-14-12-25(13-15-26)16-19-8-5-7-18-6-1-2-9-20(18)19/h1-9,21-22H,10-17H2/t21-,22-/m1/s1. The van der Waals surface area contributed by atoms with Crippen LogP contribution in [0.15, 0.2) is 54.6 Å². The number of piperazine rings is 1. The van der Waals surface area contributed by atoms with E-state index in [1.54, 1.807) is 0 Å². The molecule has 0 bridgehead atoms. The van der Waals surface area contributed by atoms with E-state index in [0.29, 0.717) is 19.5 Å². The third kappa shape index (κ3) is 3.49. The van der Waals surface area contributed by atoms with Crippen LogP contribution in [0.2, 0.25) is 0 Å². The second-order valence-corrected chi connectivity index (χ2v) is 8.43. The summed E-state index contributed by atoms with van der Waals surface area (Å²) in [5, 5.41) is 2.60. The van der Waals surface area contributed by atoms with Crippen LogP contribution in [0, 0.1) is 11.8 Å². The average Bonchev–Trinajstić information content (AvgIpc) is 3.00. The molecule has 2 amide bonds. The van der Waals surface area contributed by atoms with Gasteiger partial charge >= 0.3 is 0 Å². The molecular formula is C24H27N3O2. The van der Waals surface area contributed by atoms with E-state index in [4.69, 9.17) is 0 Å². The number of likely N-dealkylation sites (tertiary alicyclic amines) is 1. The van der Waals surface area contributed by atoms with E-state index in [-0.39, 0.29) is 23.7 Å². The van der Waals surface area contributed by atoms with Crippen molar-refractivity contribution in [3.8, 4) is 0 Å². The lowest BCUT2D eigenvalue weighted by molar-refractivity contribution is -0.142. The first-order valence-electron chi connectivity index (χ1n) is 10.6. The SMILES string of the molecule is O=C1[C@@H]2CC=CC[C@H]2C(=O)N1CN1CCN(Cc2cccc3ccccc23)CC1. The minimum atomic E-state index is -0.125. The van der Waals surface area contributed by atoms with Gasteiger partial charge in [-0.25, -0.2) is 0 Å². The summed E-state index contributed by atoms with van der Waals surface area (Å²) >= 11 is 0. The first kappa shape index (κ1) is 18.5. The average molecular weight is 389 g/mol. The van der Waals surface area contributed by atoms with Crippen LogP contribution >= 0.6 is 0 Å². The van der Waals surface area contributed by atoms with Gasteiger partial charge in [-0.15, -0.1) is 0 Å². The number of carbonyl (C=O) groups excluding carboxylic acids is 2. The fourth-order valence-electron chi connectivity index (χ4n) is 4.97. The largest absolute Gasteiger partial charge is 0.297 e. The second kappa shape index (κ2) is 7.73. The van der Waals surface area contributed by atoms with Crippen LogP contribution in [-0.4, -0.2) is 59.4 Å². The molecule has 0 unspecified atom stereocenters. The highest BCUT2D eigenvalue weighted by atomic mass is 16.2. The zero-order valence-corrected chi connectivity index (χ0v) is 16.7. The highest BCUT2D eigenvalue weighted by Crippen LogP contribution is 2.35. The number of benzene rings is 2. The number of fused-ring (bicyclic) bond motifs is 2. The molecule has 29 heavy (non-hydrogen) atoms. The van der Waals surface area contributed by atoms with Gasteiger partial charge in [0.15, 0.2) is 0 Å². The summed E-state index contributed by atoms with van der Waals surface area (Å²) in [6.45, 7) is 5.06. The van der Waals surface area contributed by atoms with Crippen LogP contribution in [0.3, 0.4) is 0 Å². The first-order valence-corrected chi connectivity index (χ1v) is 10.6. The van der Waals surface area contributed by atoms with Gasteiger partial charge in [0, 0.05) is 32.7 Å². The van der Waals surface area contributed by atoms with Crippen molar-refractivity contribution in [1.82, 2.24) is 14.7 Å². The molecule has 5 rings (SSSR count). The van der Waals surface area contributed by atoms with Crippen molar-refractivity contribution in [3.05, 3.63) is 60.2 Å². The Kier molecular flexibility index (Phi) is 4.94. The Labute approximate surface area is 171 Å². The van der Waals surface area contributed by atoms with E-state index in [1.165, 1.54) is 21.2 Å². The fraction of sp³-hybridized carbons (Fsp3) is 0.417. The summed E-state index contributed by atoms with van der Waals surface area (Å²) in [6.07, 6.45) is 5.51. The molecule has 2 aliphatic heterocycles. The summed E-state index contributed by atoms with van der Waals surface area (Å²) in [4.78, 5) is 31.6. The zero-order chi connectivity index (χ0) is 19.8. The van der Waals surface area contributed by atoms with Crippen molar-refractivity contribution in [3.63, 3.8) is 0 Å². The third-order valence-electron chi connectivity index (χ3n) is 6.68. The van der Waals surface area contributed by atoms with Gasteiger partial charge in [-0.05, 0) is 29.2 Å². The van der Waals surface area contributed by atoms with Crippen molar-refractivity contribution in [2.45, 2.75) is 19.4 Å². The van der Waals surface area contributed by atoms with Crippen LogP contribution in [-0.2, 0) is 16.1 Å². The molecule has 5 heteroatoms. The molecule has 2 heterocycles. The number of carbonyl (C=O) groups is 2. The van der Waals surface area contributed by atoms with Gasteiger partial charge in [0.25, 0.3) is 0 Å². The van der Waals surface area contributed by atoms with Gasteiger partial charge in [-0.1, -0.05) is 54.6 Å². The smallest absolute Gasteiger partial charge is 0.234 e. The van der Waals surface area contributed by atoms with Crippen LogP contribution in [0.5, 0.6) is 0 Å². The van der Waals surface area contributed by atoms with Crippen molar-refractivity contribution in [2.75, 3.05) is 32.8 Å². The normalized spacial score (nSPS) is 25.7. The molecule has 5 nitrogen and oxygen atoms in total. The van der Waals surface area contributed by atoms with Gasteiger partial charge in [0.1, 0.15) is 0 Å². The lowest BCUT2D eigenvalue weighted by Crippen LogP contribution is -2.51. The first-order chi connectivity index (χ1) is 14.2. The fourth-order valence-corrected chi connectivity index (χ4v) is 4.97. The second-order valence-electron chi connectivity index (χ2n) is 8.43.